The van der Waals surface area contributed by atoms with E-state index in [2.05, 4.69) is 0 Å². The number of nitriles is 1. The zero-order valence-electron chi connectivity index (χ0n) is 16.5. The number of carbonyl (C=O) groups is 1. The van der Waals surface area contributed by atoms with Crippen LogP contribution in [0.15, 0.2) is 53.4 Å². The molecule has 1 aliphatic rings. The van der Waals surface area contributed by atoms with Gasteiger partial charge in [-0.2, -0.15) is 5.26 Å². The first-order valence-corrected chi connectivity index (χ1v) is 11.7. The molecule has 1 saturated carbocycles. The van der Waals surface area contributed by atoms with E-state index in [0.29, 0.717) is 29.5 Å². The highest BCUT2D eigenvalue weighted by Crippen LogP contribution is 2.36. The minimum Gasteiger partial charge on any atom is -0.493 e. The lowest BCUT2D eigenvalue weighted by Crippen LogP contribution is -2.20. The lowest BCUT2D eigenvalue weighted by Gasteiger charge is -2.14. The van der Waals surface area contributed by atoms with Gasteiger partial charge in [0.25, 0.3) is 0 Å². The number of benzene rings is 2. The van der Waals surface area contributed by atoms with E-state index in [4.69, 9.17) is 38.3 Å². The Morgan fingerprint density at radius 3 is 2.42 bits per heavy atom. The van der Waals surface area contributed by atoms with Crippen LogP contribution in [0, 0.1) is 17.2 Å². The van der Waals surface area contributed by atoms with E-state index in [1.54, 1.807) is 42.5 Å². The smallest absolute Gasteiger partial charge is 0.405 e. The van der Waals surface area contributed by atoms with Crippen molar-refractivity contribution >= 4 is 39.1 Å². The molecule has 2 aromatic rings. The third kappa shape index (κ3) is 7.62. The van der Waals surface area contributed by atoms with E-state index >= 15 is 0 Å². The van der Waals surface area contributed by atoms with Crippen LogP contribution in [0.1, 0.15) is 19.3 Å². The van der Waals surface area contributed by atoms with Crippen LogP contribution in [0.25, 0.3) is 0 Å². The van der Waals surface area contributed by atoms with Crippen molar-refractivity contribution in [1.29, 1.82) is 5.26 Å². The Balaban J connectivity index is 0.000000423. The van der Waals surface area contributed by atoms with Crippen LogP contribution in [0.2, 0.25) is 10.0 Å². The van der Waals surface area contributed by atoms with Gasteiger partial charge in [-0.3, -0.25) is 0 Å². The Bertz CT molecular complexity index is 1020. The minimum atomic E-state index is -3.40. The number of hydrogen-bond acceptors (Lipinski definition) is 5. The number of carboxylic acid groups (broad SMARTS) is 1. The van der Waals surface area contributed by atoms with Crippen molar-refractivity contribution in [2.75, 3.05) is 13.2 Å². The maximum atomic E-state index is 12.8. The predicted octanol–water partition coefficient (Wildman–Crippen LogP) is 4.79. The molecule has 0 radical (unpaired) electrons. The molecule has 2 N–H and O–H groups in total. The third-order valence-electron chi connectivity index (χ3n) is 4.69. The molecule has 0 unspecified atom stereocenters. The first kappa shape index (κ1) is 24.8. The number of hydrogen-bond donors (Lipinski definition) is 2. The van der Waals surface area contributed by atoms with Gasteiger partial charge in [-0.1, -0.05) is 35.3 Å². The molecule has 1 fully saturated rings. The molecule has 0 saturated heterocycles. The van der Waals surface area contributed by atoms with Crippen molar-refractivity contribution in [2.45, 2.75) is 29.4 Å². The number of ether oxygens (including phenoxy) is 1. The van der Waals surface area contributed by atoms with Crippen LogP contribution >= 0.6 is 23.2 Å². The lowest BCUT2D eigenvalue weighted by molar-refractivity contribution is 0.196. The molecule has 10 heteroatoms. The van der Waals surface area contributed by atoms with Crippen molar-refractivity contribution in [1.82, 2.24) is 5.32 Å². The van der Waals surface area contributed by atoms with Crippen molar-refractivity contribution in [3.63, 3.8) is 0 Å². The molecular formula is C21H22Cl2N2O5S. The highest BCUT2D eigenvalue weighted by atomic mass is 35.5. The maximum Gasteiger partial charge on any atom is 0.405 e. The van der Waals surface area contributed by atoms with Gasteiger partial charge in [0.2, 0.25) is 0 Å². The number of sulfone groups is 1. The standard InChI is InChI=1S/C18H18Cl2O3S.C3H4N2O2/c19-14-6-8-15(9-7-14)23-12-13-5-10-16(11-13)24(21,22)18-4-2-1-3-17(18)20;4-1-2-5-3(6)7/h1-4,6-9,13,16H,5,10-12H2;5H,2H2,(H,6,7)/t13-,16+;/m1./s1. The number of nitrogens with one attached hydrogen (secondary N) is 1. The summed E-state index contributed by atoms with van der Waals surface area (Å²) < 4.78 is 31.3. The Morgan fingerprint density at radius 2 is 1.84 bits per heavy atom. The van der Waals surface area contributed by atoms with Gasteiger partial charge in [0.1, 0.15) is 12.3 Å². The van der Waals surface area contributed by atoms with E-state index < -0.39 is 21.2 Å². The van der Waals surface area contributed by atoms with E-state index in [1.807, 2.05) is 17.4 Å². The largest absolute Gasteiger partial charge is 0.493 e. The first-order valence-electron chi connectivity index (χ1n) is 9.44. The maximum absolute atomic E-state index is 12.8. The normalized spacial score (nSPS) is 17.7. The van der Waals surface area contributed by atoms with Crippen molar-refractivity contribution in [3.05, 3.63) is 58.6 Å². The summed E-state index contributed by atoms with van der Waals surface area (Å²) in [5.41, 5.74) is 0. The highest BCUT2D eigenvalue weighted by molar-refractivity contribution is 7.92. The molecule has 2 aromatic carbocycles. The SMILES string of the molecule is N#CCNC(=O)O.O=S(=O)(c1ccccc1Cl)[C@H]1CC[C@@H](COc2ccc(Cl)cc2)C1. The summed E-state index contributed by atoms with van der Waals surface area (Å²) in [6.45, 7) is 0.367. The minimum absolute atomic E-state index is 0.144. The molecule has 0 aromatic heterocycles. The van der Waals surface area contributed by atoms with Gasteiger partial charge in [-0.15, -0.1) is 0 Å². The molecule has 7 nitrogen and oxygen atoms in total. The molecule has 2 atom stereocenters. The monoisotopic (exact) mass is 484 g/mol. The fourth-order valence-electron chi connectivity index (χ4n) is 3.18. The number of nitrogens with zero attached hydrogens (tertiary/aromatic N) is 1. The van der Waals surface area contributed by atoms with Crippen LogP contribution < -0.4 is 10.1 Å². The summed E-state index contributed by atoms with van der Waals surface area (Å²) in [6, 6.07) is 15.4. The number of halogens is 2. The Morgan fingerprint density at radius 1 is 1.16 bits per heavy atom. The second kappa shape index (κ2) is 11.8. The van der Waals surface area contributed by atoms with Gasteiger partial charge in [0, 0.05) is 5.02 Å². The molecular weight excluding hydrogens is 463 g/mol. The molecule has 1 aliphatic carbocycles. The fourth-order valence-corrected chi connectivity index (χ4v) is 5.70. The van der Waals surface area contributed by atoms with E-state index in [-0.39, 0.29) is 17.4 Å². The van der Waals surface area contributed by atoms with Crippen molar-refractivity contribution in [2.24, 2.45) is 5.92 Å². The Kier molecular flexibility index (Phi) is 9.44. The second-order valence-electron chi connectivity index (χ2n) is 6.86. The van der Waals surface area contributed by atoms with Crippen LogP contribution in [0.4, 0.5) is 4.79 Å². The summed E-state index contributed by atoms with van der Waals surface area (Å²) in [5, 5.41) is 17.9. The molecule has 0 bridgehead atoms. The summed E-state index contributed by atoms with van der Waals surface area (Å²) in [7, 11) is -3.40. The fraction of sp³-hybridized carbons (Fsp3) is 0.333. The van der Waals surface area contributed by atoms with E-state index in [0.717, 1.165) is 12.2 Å². The molecule has 0 aliphatic heterocycles. The third-order valence-corrected chi connectivity index (χ3v) is 7.66. The van der Waals surface area contributed by atoms with Gasteiger partial charge in [-0.05, 0) is 61.6 Å². The van der Waals surface area contributed by atoms with Gasteiger partial charge >= 0.3 is 6.09 Å². The van der Waals surface area contributed by atoms with E-state index in [1.165, 1.54) is 0 Å². The van der Waals surface area contributed by atoms with Gasteiger partial charge in [0.15, 0.2) is 9.84 Å². The molecule has 31 heavy (non-hydrogen) atoms. The predicted molar refractivity (Wildman–Crippen MR) is 118 cm³/mol. The Hall–Kier alpha value is -2.47. The van der Waals surface area contributed by atoms with E-state index in [9.17, 15) is 13.2 Å². The summed E-state index contributed by atoms with van der Waals surface area (Å²) >= 11 is 11.9. The van der Waals surface area contributed by atoms with Crippen LogP contribution in [0.3, 0.4) is 0 Å². The summed E-state index contributed by atoms with van der Waals surface area (Å²) in [5.74, 6) is 0.972. The lowest BCUT2D eigenvalue weighted by atomic mass is 10.1. The van der Waals surface area contributed by atoms with Gasteiger partial charge in [0.05, 0.1) is 27.8 Å². The second-order valence-corrected chi connectivity index (χ2v) is 9.90. The average molecular weight is 485 g/mol. The van der Waals surface area contributed by atoms with Crippen LogP contribution in [-0.4, -0.2) is 38.0 Å². The van der Waals surface area contributed by atoms with Crippen molar-refractivity contribution in [3.8, 4) is 11.8 Å². The molecule has 3 rings (SSSR count). The van der Waals surface area contributed by atoms with Crippen LogP contribution in [0.5, 0.6) is 5.75 Å². The summed E-state index contributed by atoms with van der Waals surface area (Å²) in [4.78, 5) is 9.73. The molecule has 166 valence electrons. The quantitative estimate of drug-likeness (QED) is 0.569. The zero-order chi connectivity index (χ0) is 22.9. The van der Waals surface area contributed by atoms with Gasteiger partial charge < -0.3 is 15.2 Å². The number of rotatable bonds is 6. The number of amides is 1. The van der Waals surface area contributed by atoms with Crippen molar-refractivity contribution < 1.29 is 23.1 Å². The van der Waals surface area contributed by atoms with Gasteiger partial charge in [-0.25, -0.2) is 13.2 Å². The highest BCUT2D eigenvalue weighted by Gasteiger charge is 2.36. The Labute approximate surface area is 191 Å². The zero-order valence-corrected chi connectivity index (χ0v) is 18.8. The molecule has 0 spiro atoms. The first-order chi connectivity index (χ1) is 14.7. The van der Waals surface area contributed by atoms with Crippen LogP contribution in [-0.2, 0) is 9.84 Å². The summed E-state index contributed by atoms with van der Waals surface area (Å²) in [6.07, 6.45) is 0.909. The molecule has 0 heterocycles. The topological polar surface area (TPSA) is 116 Å². The molecule has 1 amide bonds. The average Bonchev–Trinajstić information content (AvgIpc) is 3.22.